The number of esters is 1. The third-order valence-electron chi connectivity index (χ3n) is 3.89. The molecular weight excluding hydrogens is 444 g/mol. The van der Waals surface area contributed by atoms with Crippen molar-refractivity contribution in [3.05, 3.63) is 28.8 Å². The smallest absolute Gasteiger partial charge is 0.350 e. The van der Waals surface area contributed by atoms with Crippen molar-refractivity contribution < 1.29 is 23.8 Å². The molecule has 0 bridgehead atoms. The van der Waals surface area contributed by atoms with Gasteiger partial charge in [0.1, 0.15) is 22.1 Å². The molecule has 0 saturated heterocycles. The third kappa shape index (κ3) is 5.30. The van der Waals surface area contributed by atoms with Crippen molar-refractivity contribution in [2.24, 2.45) is 0 Å². The lowest BCUT2D eigenvalue weighted by molar-refractivity contribution is -0.113. The normalized spacial score (nSPS) is 10.6. The fraction of sp³-hybridized carbons (Fsp3) is 0.333. The number of methoxy groups -OCH3 is 2. The molecule has 0 radical (unpaired) electrons. The second-order valence-electron chi connectivity index (χ2n) is 5.90. The first kappa shape index (κ1) is 22.5. The molecule has 0 unspecified atom stereocenters. The highest BCUT2D eigenvalue weighted by Crippen LogP contribution is 2.30. The van der Waals surface area contributed by atoms with Crippen LogP contribution in [0.2, 0.25) is 0 Å². The van der Waals surface area contributed by atoms with Crippen LogP contribution in [-0.4, -0.2) is 63.6 Å². The molecule has 1 N–H and O–H groups in total. The van der Waals surface area contributed by atoms with Crippen molar-refractivity contribution in [1.82, 2.24) is 25.2 Å². The van der Waals surface area contributed by atoms with Crippen LogP contribution in [-0.2, 0) is 9.53 Å². The Morgan fingerprint density at radius 2 is 2.06 bits per heavy atom. The Morgan fingerprint density at radius 1 is 1.26 bits per heavy atom. The number of aryl methyl sites for hydroxylation is 1. The summed E-state index contributed by atoms with van der Waals surface area (Å²) < 4.78 is 17.1. The molecule has 2 aromatic heterocycles. The topological polar surface area (TPSA) is 130 Å². The minimum absolute atomic E-state index is 0.0339. The summed E-state index contributed by atoms with van der Waals surface area (Å²) in [7, 11) is 3.09. The van der Waals surface area contributed by atoms with E-state index in [0.717, 1.165) is 23.1 Å². The average Bonchev–Trinajstić information content (AvgIpc) is 3.38. The SMILES string of the molecule is CCOC(=O)c1sc(NC(=O)CSc2nnnn2-c2ccc(OC)cc2OC)nc1C. The average molecular weight is 465 g/mol. The monoisotopic (exact) mass is 464 g/mol. The molecule has 0 spiro atoms. The highest BCUT2D eigenvalue weighted by Gasteiger charge is 2.19. The van der Waals surface area contributed by atoms with Crippen LogP contribution in [0, 0.1) is 6.92 Å². The van der Waals surface area contributed by atoms with Gasteiger partial charge in [0.25, 0.3) is 0 Å². The second kappa shape index (κ2) is 10.2. The molecule has 0 aliphatic carbocycles. The number of hydrogen-bond donors (Lipinski definition) is 1. The Balaban J connectivity index is 1.67. The van der Waals surface area contributed by atoms with Gasteiger partial charge < -0.3 is 19.5 Å². The second-order valence-corrected chi connectivity index (χ2v) is 7.84. The van der Waals surface area contributed by atoms with Crippen LogP contribution in [0.5, 0.6) is 11.5 Å². The summed E-state index contributed by atoms with van der Waals surface area (Å²) in [5, 5.41) is 15.1. The van der Waals surface area contributed by atoms with Gasteiger partial charge in [-0.05, 0) is 36.4 Å². The predicted molar refractivity (Wildman–Crippen MR) is 114 cm³/mol. The highest BCUT2D eigenvalue weighted by molar-refractivity contribution is 7.99. The highest BCUT2D eigenvalue weighted by atomic mass is 32.2. The summed E-state index contributed by atoms with van der Waals surface area (Å²) in [4.78, 5) is 28.8. The molecule has 0 aliphatic rings. The Kier molecular flexibility index (Phi) is 7.41. The maximum atomic E-state index is 12.4. The number of thioether (sulfide) groups is 1. The van der Waals surface area contributed by atoms with E-state index in [9.17, 15) is 9.59 Å². The quantitative estimate of drug-likeness (QED) is 0.372. The first-order chi connectivity index (χ1) is 15.0. The van der Waals surface area contributed by atoms with Crippen molar-refractivity contribution >= 4 is 40.1 Å². The number of benzene rings is 1. The van der Waals surface area contributed by atoms with Crippen molar-refractivity contribution in [2.75, 3.05) is 31.9 Å². The number of carbonyl (C=O) groups is 2. The van der Waals surface area contributed by atoms with Gasteiger partial charge in [0, 0.05) is 6.07 Å². The zero-order valence-electron chi connectivity index (χ0n) is 17.2. The minimum atomic E-state index is -0.458. The predicted octanol–water partition coefficient (Wildman–Crippen LogP) is 2.35. The van der Waals surface area contributed by atoms with Crippen LogP contribution >= 0.6 is 23.1 Å². The molecule has 11 nitrogen and oxygen atoms in total. The molecule has 2 heterocycles. The van der Waals surface area contributed by atoms with Gasteiger partial charge in [-0.25, -0.2) is 9.78 Å². The summed E-state index contributed by atoms with van der Waals surface area (Å²) in [5.41, 5.74) is 1.10. The maximum Gasteiger partial charge on any atom is 0.350 e. The number of tetrazole rings is 1. The van der Waals surface area contributed by atoms with E-state index in [0.29, 0.717) is 38.0 Å². The third-order valence-corrected chi connectivity index (χ3v) is 5.86. The summed E-state index contributed by atoms with van der Waals surface area (Å²) in [6.45, 7) is 3.68. The maximum absolute atomic E-state index is 12.4. The van der Waals surface area contributed by atoms with Gasteiger partial charge in [0.15, 0.2) is 5.13 Å². The minimum Gasteiger partial charge on any atom is -0.497 e. The van der Waals surface area contributed by atoms with Crippen LogP contribution in [0.25, 0.3) is 5.69 Å². The lowest BCUT2D eigenvalue weighted by Crippen LogP contribution is -2.14. The van der Waals surface area contributed by atoms with E-state index in [-0.39, 0.29) is 18.3 Å². The largest absolute Gasteiger partial charge is 0.497 e. The Morgan fingerprint density at radius 3 is 2.77 bits per heavy atom. The lowest BCUT2D eigenvalue weighted by Gasteiger charge is -2.10. The van der Waals surface area contributed by atoms with Crippen molar-refractivity contribution in [2.45, 2.75) is 19.0 Å². The first-order valence-electron chi connectivity index (χ1n) is 9.04. The van der Waals surface area contributed by atoms with Gasteiger partial charge in [0.2, 0.25) is 11.1 Å². The van der Waals surface area contributed by atoms with Crippen molar-refractivity contribution in [3.63, 3.8) is 0 Å². The number of amides is 1. The number of carbonyl (C=O) groups excluding carboxylic acids is 2. The van der Waals surface area contributed by atoms with E-state index in [1.54, 1.807) is 39.2 Å². The zero-order valence-corrected chi connectivity index (χ0v) is 18.9. The molecule has 3 aromatic rings. The molecule has 164 valence electrons. The first-order valence-corrected chi connectivity index (χ1v) is 10.8. The number of aromatic nitrogens is 5. The van der Waals surface area contributed by atoms with E-state index in [4.69, 9.17) is 14.2 Å². The Labute approximate surface area is 186 Å². The van der Waals surface area contributed by atoms with Crippen LogP contribution in [0.4, 0.5) is 5.13 Å². The zero-order chi connectivity index (χ0) is 22.4. The van der Waals surface area contributed by atoms with E-state index >= 15 is 0 Å². The molecule has 31 heavy (non-hydrogen) atoms. The lowest BCUT2D eigenvalue weighted by atomic mass is 10.3. The van der Waals surface area contributed by atoms with Crippen molar-refractivity contribution in [1.29, 1.82) is 0 Å². The fourth-order valence-corrected chi connectivity index (χ4v) is 4.06. The summed E-state index contributed by atoms with van der Waals surface area (Å²) >= 11 is 2.21. The molecular formula is C18H20N6O5S2. The molecule has 1 aromatic carbocycles. The van der Waals surface area contributed by atoms with Crippen molar-refractivity contribution in [3.8, 4) is 17.2 Å². The van der Waals surface area contributed by atoms with Crippen LogP contribution in [0.3, 0.4) is 0 Å². The van der Waals surface area contributed by atoms with Gasteiger partial charge in [-0.1, -0.05) is 23.1 Å². The summed E-state index contributed by atoms with van der Waals surface area (Å²) in [6.07, 6.45) is 0. The van der Waals surface area contributed by atoms with E-state index < -0.39 is 5.97 Å². The molecule has 0 saturated carbocycles. The molecule has 0 aliphatic heterocycles. The van der Waals surface area contributed by atoms with E-state index in [2.05, 4.69) is 25.8 Å². The molecule has 0 fully saturated rings. The summed E-state index contributed by atoms with van der Waals surface area (Å²) in [6, 6.07) is 5.23. The molecule has 1 amide bonds. The molecule has 13 heteroatoms. The number of rotatable bonds is 9. The molecule has 3 rings (SSSR count). The number of hydrogen-bond acceptors (Lipinski definition) is 11. The van der Waals surface area contributed by atoms with Crippen LogP contribution in [0.15, 0.2) is 23.4 Å². The number of nitrogens with one attached hydrogen (secondary N) is 1. The van der Waals surface area contributed by atoms with Gasteiger partial charge in [-0.3, -0.25) is 4.79 Å². The summed E-state index contributed by atoms with van der Waals surface area (Å²) in [5.74, 6) is 0.405. The van der Waals surface area contributed by atoms with E-state index in [1.165, 1.54) is 11.8 Å². The Hall–Kier alpha value is -3.19. The molecule has 0 atom stereocenters. The van der Waals surface area contributed by atoms with E-state index in [1.807, 2.05) is 0 Å². The fourth-order valence-electron chi connectivity index (χ4n) is 2.50. The number of nitrogens with zero attached hydrogens (tertiary/aromatic N) is 5. The number of anilines is 1. The van der Waals surface area contributed by atoms with Gasteiger partial charge in [0.05, 0.1) is 32.3 Å². The van der Waals surface area contributed by atoms with Gasteiger partial charge >= 0.3 is 5.97 Å². The van der Waals surface area contributed by atoms with Crippen LogP contribution < -0.4 is 14.8 Å². The Bertz CT molecular complexity index is 1080. The van der Waals surface area contributed by atoms with Gasteiger partial charge in [-0.15, -0.1) is 5.10 Å². The number of thiazole rings is 1. The number of ether oxygens (including phenoxy) is 3. The van der Waals surface area contributed by atoms with Crippen LogP contribution in [0.1, 0.15) is 22.3 Å². The van der Waals surface area contributed by atoms with Gasteiger partial charge in [-0.2, -0.15) is 4.68 Å². The standard InChI is InChI=1S/C18H20N6O5S2/c1-5-29-16(26)15-10(2)19-17(31-15)20-14(25)9-30-18-21-22-23-24(18)12-7-6-11(27-3)8-13(12)28-4/h6-8H,5,9H2,1-4H3,(H,19,20,25).